The van der Waals surface area contributed by atoms with Crippen LogP contribution in [0.5, 0.6) is 0 Å². The van der Waals surface area contributed by atoms with Gasteiger partial charge in [0.1, 0.15) is 5.02 Å². The van der Waals surface area contributed by atoms with Crippen LogP contribution in [0.25, 0.3) is 0 Å². The van der Waals surface area contributed by atoms with Crippen molar-refractivity contribution < 1.29 is 9.90 Å². The summed E-state index contributed by atoms with van der Waals surface area (Å²) < 4.78 is 1.08. The van der Waals surface area contributed by atoms with Crippen molar-refractivity contribution in [1.82, 2.24) is 9.78 Å². The summed E-state index contributed by atoms with van der Waals surface area (Å²) in [6.45, 7) is 0.378. The summed E-state index contributed by atoms with van der Waals surface area (Å²) in [5, 5.41) is 15.5. The first-order valence-corrected chi connectivity index (χ1v) is 5.82. The Morgan fingerprint density at radius 3 is 2.94 bits per heavy atom. The number of carbonyl (C=O) groups excluding carboxylic acids is 1. The van der Waals surface area contributed by atoms with E-state index < -0.39 is 5.56 Å². The zero-order valence-corrected chi connectivity index (χ0v) is 10.5. The number of halogens is 1. The minimum absolute atomic E-state index is 0.0116. The van der Waals surface area contributed by atoms with Gasteiger partial charge in [-0.3, -0.25) is 9.59 Å². The fourth-order valence-electron chi connectivity index (χ4n) is 1.33. The summed E-state index contributed by atoms with van der Waals surface area (Å²) in [5.41, 5.74) is 4.93. The molecular weight excluding hydrogens is 260 g/mol. The smallest absolute Gasteiger partial charge is 0.287 e. The van der Waals surface area contributed by atoms with Crippen molar-refractivity contribution in [3.63, 3.8) is 0 Å². The third kappa shape index (κ3) is 4.01. The van der Waals surface area contributed by atoms with E-state index in [1.807, 2.05) is 0 Å². The van der Waals surface area contributed by atoms with Gasteiger partial charge >= 0.3 is 0 Å². The van der Waals surface area contributed by atoms with Crippen molar-refractivity contribution in [3.8, 4) is 0 Å². The summed E-state index contributed by atoms with van der Waals surface area (Å²) in [6, 6.07) is 0. The van der Waals surface area contributed by atoms with Crippen molar-refractivity contribution in [1.29, 1.82) is 0 Å². The van der Waals surface area contributed by atoms with Gasteiger partial charge < -0.3 is 16.2 Å². The molecule has 0 unspecified atom stereocenters. The minimum Gasteiger partial charge on any atom is -0.394 e. The molecule has 4 N–H and O–H groups in total. The van der Waals surface area contributed by atoms with Gasteiger partial charge in [-0.1, -0.05) is 11.6 Å². The van der Waals surface area contributed by atoms with E-state index in [2.05, 4.69) is 10.4 Å². The first-order valence-electron chi connectivity index (χ1n) is 5.45. The standard InChI is InChI=1S/C10H15ClN4O3/c11-9-7(13-3-1-2-8(12)17)6-14-15(4-5-16)10(9)18/h6,13,16H,1-5H2,(H2,12,17). The largest absolute Gasteiger partial charge is 0.394 e. The summed E-state index contributed by atoms with van der Waals surface area (Å²) >= 11 is 5.87. The molecule has 1 aromatic rings. The molecule has 100 valence electrons. The fourth-order valence-corrected chi connectivity index (χ4v) is 1.54. The number of nitrogens with two attached hydrogens (primary N) is 1. The Morgan fingerprint density at radius 2 is 2.33 bits per heavy atom. The Labute approximate surface area is 109 Å². The zero-order valence-electron chi connectivity index (χ0n) is 9.73. The van der Waals surface area contributed by atoms with Crippen LogP contribution >= 0.6 is 11.6 Å². The van der Waals surface area contributed by atoms with Gasteiger partial charge in [0.05, 0.1) is 25.0 Å². The van der Waals surface area contributed by atoms with E-state index in [-0.39, 0.29) is 30.5 Å². The highest BCUT2D eigenvalue weighted by Gasteiger charge is 2.08. The molecule has 0 radical (unpaired) electrons. The van der Waals surface area contributed by atoms with Gasteiger partial charge in [-0.15, -0.1) is 0 Å². The summed E-state index contributed by atoms with van der Waals surface area (Å²) in [4.78, 5) is 22.2. The first-order chi connectivity index (χ1) is 8.56. The topological polar surface area (TPSA) is 110 Å². The van der Waals surface area contributed by atoms with Crippen LogP contribution in [-0.2, 0) is 11.3 Å². The molecule has 0 saturated carbocycles. The number of hydrogen-bond donors (Lipinski definition) is 3. The van der Waals surface area contributed by atoms with Crippen molar-refractivity contribution in [2.75, 3.05) is 18.5 Å². The Kier molecular flexibility index (Phi) is 5.60. The Balaban J connectivity index is 2.65. The highest BCUT2D eigenvalue weighted by molar-refractivity contribution is 6.32. The number of hydrogen-bond acceptors (Lipinski definition) is 5. The molecule has 0 spiro atoms. The van der Waals surface area contributed by atoms with Gasteiger partial charge in [0.2, 0.25) is 5.91 Å². The Morgan fingerprint density at radius 1 is 1.61 bits per heavy atom. The second-order valence-corrected chi connectivity index (χ2v) is 4.00. The molecule has 18 heavy (non-hydrogen) atoms. The second-order valence-electron chi connectivity index (χ2n) is 3.62. The average molecular weight is 275 g/mol. The van der Waals surface area contributed by atoms with E-state index in [0.717, 1.165) is 4.68 Å². The molecule has 1 heterocycles. The van der Waals surface area contributed by atoms with Crippen molar-refractivity contribution in [3.05, 3.63) is 21.6 Å². The van der Waals surface area contributed by atoms with Gasteiger partial charge in [0.15, 0.2) is 0 Å². The second kappa shape index (κ2) is 6.97. The molecule has 0 saturated heterocycles. The van der Waals surface area contributed by atoms with Gasteiger partial charge in [-0.25, -0.2) is 4.68 Å². The molecule has 7 nitrogen and oxygen atoms in total. The third-order valence-corrected chi connectivity index (χ3v) is 2.58. The lowest BCUT2D eigenvalue weighted by molar-refractivity contribution is -0.118. The van der Waals surface area contributed by atoms with Crippen LogP contribution in [0.3, 0.4) is 0 Å². The van der Waals surface area contributed by atoms with Crippen LogP contribution in [0, 0.1) is 0 Å². The number of carbonyl (C=O) groups is 1. The predicted octanol–water partition coefficient (Wildman–Crippen LogP) is -0.434. The SMILES string of the molecule is NC(=O)CCCNc1cnn(CCO)c(=O)c1Cl. The molecule has 0 aliphatic rings. The third-order valence-electron chi connectivity index (χ3n) is 2.21. The lowest BCUT2D eigenvalue weighted by Gasteiger charge is -2.09. The number of aliphatic hydroxyl groups excluding tert-OH is 1. The molecule has 1 aromatic heterocycles. The highest BCUT2D eigenvalue weighted by Crippen LogP contribution is 2.14. The van der Waals surface area contributed by atoms with Gasteiger partial charge in [-0.2, -0.15) is 5.10 Å². The van der Waals surface area contributed by atoms with E-state index in [1.54, 1.807) is 0 Å². The number of nitrogens with one attached hydrogen (secondary N) is 1. The molecule has 1 rings (SSSR count). The quantitative estimate of drug-likeness (QED) is 0.584. The molecule has 0 fully saturated rings. The molecular formula is C10H15ClN4O3. The van der Waals surface area contributed by atoms with E-state index >= 15 is 0 Å². The molecule has 0 aliphatic carbocycles. The number of nitrogens with zero attached hydrogens (tertiary/aromatic N) is 2. The summed E-state index contributed by atoms with van der Waals surface area (Å²) in [5.74, 6) is -0.376. The van der Waals surface area contributed by atoms with Gasteiger partial charge in [-0.05, 0) is 6.42 Å². The number of amides is 1. The predicted molar refractivity (Wildman–Crippen MR) is 67.5 cm³/mol. The molecule has 1 amide bonds. The number of aromatic nitrogens is 2. The minimum atomic E-state index is -0.467. The lowest BCUT2D eigenvalue weighted by Crippen LogP contribution is -2.25. The number of rotatable bonds is 7. The average Bonchev–Trinajstić information content (AvgIpc) is 2.33. The van der Waals surface area contributed by atoms with Crippen LogP contribution in [0.4, 0.5) is 5.69 Å². The molecule has 0 bridgehead atoms. The van der Waals surface area contributed by atoms with Crippen molar-refractivity contribution in [2.45, 2.75) is 19.4 Å². The molecule has 8 heteroatoms. The van der Waals surface area contributed by atoms with Crippen LogP contribution in [-0.4, -0.2) is 33.9 Å². The number of primary amides is 1. The van der Waals surface area contributed by atoms with Crippen LogP contribution in [0.1, 0.15) is 12.8 Å². The number of aliphatic hydroxyl groups is 1. The Hall–Kier alpha value is -1.60. The lowest BCUT2D eigenvalue weighted by atomic mass is 10.3. The maximum absolute atomic E-state index is 11.7. The van der Waals surface area contributed by atoms with E-state index in [9.17, 15) is 9.59 Å². The summed E-state index contributed by atoms with van der Waals surface area (Å²) in [7, 11) is 0. The van der Waals surface area contributed by atoms with E-state index in [1.165, 1.54) is 6.20 Å². The monoisotopic (exact) mass is 274 g/mol. The fraction of sp³-hybridized carbons (Fsp3) is 0.500. The van der Waals surface area contributed by atoms with Crippen LogP contribution in [0.2, 0.25) is 5.02 Å². The van der Waals surface area contributed by atoms with Gasteiger partial charge in [0, 0.05) is 13.0 Å². The number of anilines is 1. The maximum Gasteiger partial charge on any atom is 0.287 e. The zero-order chi connectivity index (χ0) is 13.5. The Bertz CT molecular complexity index is 475. The molecule has 0 aromatic carbocycles. The maximum atomic E-state index is 11.7. The van der Waals surface area contributed by atoms with Crippen molar-refractivity contribution >= 4 is 23.2 Å². The van der Waals surface area contributed by atoms with Crippen LogP contribution in [0.15, 0.2) is 11.0 Å². The molecule has 0 aliphatic heterocycles. The van der Waals surface area contributed by atoms with Crippen LogP contribution < -0.4 is 16.6 Å². The van der Waals surface area contributed by atoms with E-state index in [0.29, 0.717) is 18.7 Å². The van der Waals surface area contributed by atoms with Gasteiger partial charge in [0.25, 0.3) is 5.56 Å². The highest BCUT2D eigenvalue weighted by atomic mass is 35.5. The molecule has 0 atom stereocenters. The first kappa shape index (κ1) is 14.5. The normalized spacial score (nSPS) is 10.3. The van der Waals surface area contributed by atoms with Crippen molar-refractivity contribution in [2.24, 2.45) is 5.73 Å². The summed E-state index contributed by atoms with van der Waals surface area (Å²) in [6.07, 6.45) is 2.22. The van der Waals surface area contributed by atoms with E-state index in [4.69, 9.17) is 22.4 Å².